The number of allylic oxidation sites excluding steroid dienone is 2. The molecule has 0 fully saturated rings. The van der Waals surface area contributed by atoms with Gasteiger partial charge in [-0.25, -0.2) is 0 Å². The summed E-state index contributed by atoms with van der Waals surface area (Å²) in [6.45, 7) is 0. The number of fused-ring (bicyclic) bond motifs is 6. The average molecular weight is 915 g/mol. The van der Waals surface area contributed by atoms with Gasteiger partial charge in [0, 0.05) is 62.5 Å². The summed E-state index contributed by atoms with van der Waals surface area (Å²) in [4.78, 5) is 84.0. The Morgan fingerprint density at radius 3 is 1.15 bits per heavy atom. The Morgan fingerprint density at radius 1 is 0.561 bits per heavy atom. The van der Waals surface area contributed by atoms with Gasteiger partial charge in [-0.05, 0) is 101 Å². The lowest BCUT2D eigenvalue weighted by atomic mass is 9.58. The molecule has 0 saturated heterocycles. The lowest BCUT2D eigenvalue weighted by Crippen LogP contribution is -2.63. The van der Waals surface area contributed by atoms with E-state index >= 15 is 0 Å². The molecule has 0 saturated carbocycles. The minimum absolute atomic E-state index is 0.00184. The van der Waals surface area contributed by atoms with E-state index in [1.165, 1.54) is 21.9 Å². The Balaban J connectivity index is 0.000000196. The zero-order valence-electron chi connectivity index (χ0n) is 37.6. The van der Waals surface area contributed by atoms with E-state index in [2.05, 4.69) is 0 Å². The Hall–Kier alpha value is -6.74. The molecule has 0 spiro atoms. The molecule has 0 radical (unpaired) electrons. The smallest absolute Gasteiger partial charge is 0.255 e. The summed E-state index contributed by atoms with van der Waals surface area (Å²) in [6.07, 6.45) is 0.648. The van der Waals surface area contributed by atoms with Crippen molar-refractivity contribution in [1.29, 1.82) is 0 Å². The van der Waals surface area contributed by atoms with Crippen molar-refractivity contribution in [1.82, 2.24) is 9.80 Å². The van der Waals surface area contributed by atoms with Crippen LogP contribution in [-0.2, 0) is 32.0 Å². The summed E-state index contributed by atoms with van der Waals surface area (Å²) in [5.41, 5.74) is 6.05. The molecule has 0 unspecified atom stereocenters. The number of carbonyl (C=O) groups is 6. The highest BCUT2D eigenvalue weighted by Gasteiger charge is 2.65. The number of benzene rings is 2. The van der Waals surface area contributed by atoms with Crippen molar-refractivity contribution in [2.45, 2.75) is 49.0 Å². The summed E-state index contributed by atoms with van der Waals surface area (Å²) < 4.78 is 0. The molecule has 2 amide bonds. The van der Waals surface area contributed by atoms with Crippen LogP contribution in [0.5, 0.6) is 11.5 Å². The van der Waals surface area contributed by atoms with E-state index in [4.69, 9.17) is 11.5 Å². The summed E-state index contributed by atoms with van der Waals surface area (Å²) in [7, 11) is 13.6. The number of nitrogens with zero attached hydrogens (tertiary/aromatic N) is 4. The first-order valence-corrected chi connectivity index (χ1v) is 21.0. The number of amides is 2. The molecule has 20 heteroatoms. The number of aliphatic hydroxyl groups excluding tert-OH is 4. The fourth-order valence-corrected chi connectivity index (χ4v) is 11.3. The third-order valence-electron chi connectivity index (χ3n) is 14.1. The molecule has 6 aliphatic rings. The lowest BCUT2D eigenvalue weighted by molar-refractivity contribution is -0.149. The quantitative estimate of drug-likeness (QED) is 0.175. The lowest BCUT2D eigenvalue weighted by Gasteiger charge is -2.50. The molecule has 0 aliphatic heterocycles. The molecule has 2 aromatic rings. The van der Waals surface area contributed by atoms with Gasteiger partial charge in [-0.2, -0.15) is 0 Å². The number of likely N-dealkylation sites (N-methyl/N-ethyl adjacent to an activating group) is 2. The van der Waals surface area contributed by atoms with Crippen LogP contribution in [0.15, 0.2) is 69.6 Å². The van der Waals surface area contributed by atoms with Crippen molar-refractivity contribution in [2.75, 3.05) is 66.2 Å². The first-order valence-electron chi connectivity index (χ1n) is 21.0. The second-order valence-electron chi connectivity index (χ2n) is 18.6. The Kier molecular flexibility index (Phi) is 11.5. The fraction of sp³-hybridized carbons (Fsp3) is 0.435. The van der Waals surface area contributed by atoms with Crippen molar-refractivity contribution in [3.05, 3.63) is 91.8 Å². The van der Waals surface area contributed by atoms with Crippen LogP contribution in [0.2, 0.25) is 0 Å². The van der Waals surface area contributed by atoms with Gasteiger partial charge in [-0.1, -0.05) is 0 Å². The van der Waals surface area contributed by atoms with E-state index in [9.17, 15) is 69.6 Å². The van der Waals surface area contributed by atoms with E-state index in [1.54, 1.807) is 78.3 Å². The van der Waals surface area contributed by atoms with Gasteiger partial charge >= 0.3 is 0 Å². The van der Waals surface area contributed by atoms with Crippen LogP contribution in [0.4, 0.5) is 11.4 Å². The second kappa shape index (κ2) is 16.0. The molecule has 66 heavy (non-hydrogen) atoms. The van der Waals surface area contributed by atoms with Gasteiger partial charge in [0.25, 0.3) is 11.8 Å². The zero-order chi connectivity index (χ0) is 49.1. The first-order chi connectivity index (χ1) is 30.7. The van der Waals surface area contributed by atoms with Crippen LogP contribution >= 0.6 is 0 Å². The van der Waals surface area contributed by atoms with Crippen LogP contribution < -0.4 is 21.3 Å². The number of hydrogen-bond donors (Lipinski definition) is 10. The average Bonchev–Trinajstić information content (AvgIpc) is 3.20. The van der Waals surface area contributed by atoms with E-state index in [0.29, 0.717) is 11.1 Å². The number of aromatic hydroxyl groups is 2. The maximum atomic E-state index is 13.5. The fourth-order valence-electron chi connectivity index (χ4n) is 11.3. The number of Topliss-reactive ketones (excluding diaryl/α,β-unsaturated/α-hetero) is 4. The molecule has 8 rings (SSSR count). The van der Waals surface area contributed by atoms with Crippen molar-refractivity contribution in [2.24, 2.45) is 35.1 Å². The Labute approximate surface area is 378 Å². The van der Waals surface area contributed by atoms with Gasteiger partial charge < -0.3 is 62.1 Å². The summed E-state index contributed by atoms with van der Waals surface area (Å²) >= 11 is 0. The first kappa shape index (κ1) is 47.2. The van der Waals surface area contributed by atoms with E-state index in [-0.39, 0.29) is 59.5 Å². The molecule has 20 nitrogen and oxygen atoms in total. The van der Waals surface area contributed by atoms with Gasteiger partial charge in [-0.3, -0.25) is 38.6 Å². The second-order valence-corrected chi connectivity index (χ2v) is 18.6. The predicted molar refractivity (Wildman–Crippen MR) is 236 cm³/mol. The molecular formula is C46H54N6O14. The highest BCUT2D eigenvalue weighted by molar-refractivity contribution is 6.26. The third kappa shape index (κ3) is 6.48. The van der Waals surface area contributed by atoms with Crippen LogP contribution in [0.25, 0.3) is 0 Å². The number of aliphatic hydroxyl groups is 6. The standard InChI is InChI=1S/2C23H27N3O7/c2*1-25(2)12-5-6-13(27)15-10(12)7-9-8-11-17(26(3)4)19(29)16(22(24)32)21(31)23(11,33)20(30)14(9)18(15)28/h2*5-6,9,11,17,27,29-30,33H,7-8H2,1-4H3,(H2,24,32)/t2*9-,11-,17-,23-/m00/s1. The molecule has 352 valence electrons. The largest absolute Gasteiger partial charge is 0.510 e. The molecule has 0 heterocycles. The Morgan fingerprint density at radius 2 is 0.879 bits per heavy atom. The molecular weight excluding hydrogens is 861 g/mol. The molecule has 2 aromatic carbocycles. The van der Waals surface area contributed by atoms with Crippen LogP contribution in [-0.4, -0.2) is 165 Å². The molecule has 0 bridgehead atoms. The topological polar surface area (TPSA) is 329 Å². The van der Waals surface area contributed by atoms with Gasteiger partial charge in [0.05, 0.1) is 23.2 Å². The number of carbonyl (C=O) groups excluding carboxylic acids is 6. The predicted octanol–water partition coefficient (Wildman–Crippen LogP) is 0.373. The number of nitrogens with two attached hydrogens (primary N) is 2. The van der Waals surface area contributed by atoms with E-state index in [1.807, 2.05) is 0 Å². The zero-order valence-corrected chi connectivity index (χ0v) is 37.6. The van der Waals surface area contributed by atoms with Gasteiger partial charge in [0.15, 0.2) is 22.8 Å². The maximum absolute atomic E-state index is 13.5. The summed E-state index contributed by atoms with van der Waals surface area (Å²) in [6, 6.07) is 4.13. The van der Waals surface area contributed by atoms with Gasteiger partial charge in [-0.15, -0.1) is 0 Å². The summed E-state index contributed by atoms with van der Waals surface area (Å²) in [5.74, 6) is -13.1. The third-order valence-corrected chi connectivity index (χ3v) is 14.1. The van der Waals surface area contributed by atoms with Crippen molar-refractivity contribution < 1.29 is 69.6 Å². The number of phenols is 2. The summed E-state index contributed by atoms with van der Waals surface area (Å²) in [5, 5.41) is 87.8. The maximum Gasteiger partial charge on any atom is 0.255 e. The number of anilines is 2. The Bertz CT molecular complexity index is 2520. The van der Waals surface area contributed by atoms with Crippen molar-refractivity contribution in [3.63, 3.8) is 0 Å². The number of hydrogen-bond acceptors (Lipinski definition) is 18. The highest BCUT2D eigenvalue weighted by Crippen LogP contribution is 2.55. The minimum atomic E-state index is -2.63. The van der Waals surface area contributed by atoms with Crippen LogP contribution in [0, 0.1) is 23.7 Å². The minimum Gasteiger partial charge on any atom is -0.510 e. The highest BCUT2D eigenvalue weighted by atomic mass is 16.4. The molecule has 0 aromatic heterocycles. The van der Waals surface area contributed by atoms with Crippen molar-refractivity contribution >= 4 is 46.3 Å². The number of rotatable bonds is 6. The molecule has 6 aliphatic carbocycles. The number of phenolic OH excluding ortho intramolecular Hbond substituents is 2. The number of primary amides is 2. The normalized spacial score (nSPS) is 29.1. The molecule has 8 atom stereocenters. The van der Waals surface area contributed by atoms with Gasteiger partial charge in [0.1, 0.15) is 45.7 Å². The van der Waals surface area contributed by atoms with E-state index < -0.39 is 116 Å². The SMILES string of the molecule is CN(C)c1ccc(O)c2c1C[C@H]1C[C@H]3[C@H](N(C)C)C(O)=C(C(N)=O)C(=O)[C@@]3(O)C(O)=C1C2=O.CN(C)c1ccc(O)c2c1C[C@H]1C[C@H]3[C@H](N(C)C)C(O)=C(C(N)=O)C(=O)[C@@]3(O)C(O)=C1C2=O. The molecule has 12 N–H and O–H groups in total. The van der Waals surface area contributed by atoms with E-state index in [0.717, 1.165) is 11.4 Å². The van der Waals surface area contributed by atoms with Gasteiger partial charge in [0.2, 0.25) is 11.6 Å². The number of ketones is 4. The van der Waals surface area contributed by atoms with Crippen LogP contribution in [0.1, 0.15) is 44.7 Å². The van der Waals surface area contributed by atoms with Crippen LogP contribution in [0.3, 0.4) is 0 Å². The van der Waals surface area contributed by atoms with Crippen molar-refractivity contribution in [3.8, 4) is 11.5 Å². The monoisotopic (exact) mass is 914 g/mol.